The number of nitrogens with two attached hydrogens (primary N) is 2. The number of halogens is 4. The van der Waals surface area contributed by atoms with Crippen molar-refractivity contribution < 1.29 is 45.5 Å². The number of nitrogen functional groups attached to an aromatic ring is 2. The van der Waals surface area contributed by atoms with Crippen molar-refractivity contribution in [2.45, 2.75) is 88.7 Å². The van der Waals surface area contributed by atoms with Crippen LogP contribution in [0.2, 0.25) is 5.15 Å². The highest BCUT2D eigenvalue weighted by molar-refractivity contribution is 7.89. The lowest BCUT2D eigenvalue weighted by atomic mass is 9.90. The smallest absolute Gasteiger partial charge is 0.408 e. The van der Waals surface area contributed by atoms with Crippen LogP contribution in [0, 0.1) is 5.92 Å². The van der Waals surface area contributed by atoms with Crippen molar-refractivity contribution in [3.05, 3.63) is 40.7 Å². The lowest BCUT2D eigenvalue weighted by Gasteiger charge is -2.26. The van der Waals surface area contributed by atoms with Gasteiger partial charge >= 0.3 is 12.1 Å². The normalized spacial score (nSPS) is 15.8. The largest absolute Gasteiger partial charge is 0.456 e. The molecule has 0 radical (unpaired) electrons. The van der Waals surface area contributed by atoms with Gasteiger partial charge in [-0.25, -0.2) is 28.1 Å². The van der Waals surface area contributed by atoms with Crippen LogP contribution in [-0.4, -0.2) is 84.5 Å². The molecule has 5 N–H and O–H groups in total. The fraction of sp³-hybridized carbons (Fsp3) is 0.531. The molecule has 280 valence electrons. The van der Waals surface area contributed by atoms with E-state index in [9.17, 15) is 40.8 Å². The summed E-state index contributed by atoms with van der Waals surface area (Å²) in [7, 11) is -4.15. The summed E-state index contributed by atoms with van der Waals surface area (Å²) in [5.41, 5.74) is 11.8. The van der Waals surface area contributed by atoms with Gasteiger partial charge in [-0.05, 0) is 57.6 Å². The van der Waals surface area contributed by atoms with Gasteiger partial charge in [0.25, 0.3) is 11.8 Å². The second-order valence-electron chi connectivity index (χ2n) is 12.0. The predicted molar refractivity (Wildman–Crippen MR) is 182 cm³/mol. The number of nitrogens with one attached hydrogen (secondary N) is 1. The van der Waals surface area contributed by atoms with Crippen molar-refractivity contribution in [3.63, 3.8) is 0 Å². The van der Waals surface area contributed by atoms with Crippen LogP contribution in [0.4, 0.5) is 24.8 Å². The maximum Gasteiger partial charge on any atom is 0.408 e. The van der Waals surface area contributed by atoms with Crippen LogP contribution in [-0.2, 0) is 24.3 Å². The quantitative estimate of drug-likeness (QED) is 0.0882. The summed E-state index contributed by atoms with van der Waals surface area (Å²) in [4.78, 5) is 62.0. The van der Waals surface area contributed by atoms with Crippen LogP contribution in [0.5, 0.6) is 0 Å². The first kappa shape index (κ1) is 41.3. The van der Waals surface area contributed by atoms with E-state index in [2.05, 4.69) is 19.7 Å². The summed E-state index contributed by atoms with van der Waals surface area (Å²) < 4.78 is 72.1. The third-order valence-corrected chi connectivity index (χ3v) is 9.95. The highest BCUT2D eigenvalue weighted by Gasteiger charge is 2.47. The number of ketones is 1. The van der Waals surface area contributed by atoms with Gasteiger partial charge in [-0.2, -0.15) is 13.2 Å². The van der Waals surface area contributed by atoms with Crippen LogP contribution >= 0.6 is 11.6 Å². The monoisotopic (exact) mass is 759 g/mol. The Morgan fingerprint density at radius 2 is 1.84 bits per heavy atom. The number of aliphatic imine (C=N–C) groups is 1. The molecule has 1 aliphatic heterocycles. The Morgan fingerprint density at radius 1 is 1.12 bits per heavy atom. The molecule has 0 saturated carbocycles. The van der Waals surface area contributed by atoms with E-state index in [1.807, 2.05) is 6.92 Å². The summed E-state index contributed by atoms with van der Waals surface area (Å²) in [6.45, 7) is 2.16. The molecular formula is C32H41ClF3N7O7S. The number of amides is 2. The third kappa shape index (κ3) is 12.0. The number of likely N-dealkylation sites (tertiary alicyclic amines) is 1. The zero-order valence-electron chi connectivity index (χ0n) is 28.2. The van der Waals surface area contributed by atoms with E-state index in [4.69, 9.17) is 27.8 Å². The van der Waals surface area contributed by atoms with E-state index >= 15 is 0 Å². The van der Waals surface area contributed by atoms with Crippen molar-refractivity contribution in [1.29, 1.82) is 0 Å². The second kappa shape index (κ2) is 18.4. The number of sulfonamides is 1. The van der Waals surface area contributed by atoms with Crippen molar-refractivity contribution in [1.82, 2.24) is 19.6 Å². The highest BCUT2D eigenvalue weighted by Crippen LogP contribution is 2.32. The number of anilines is 2. The molecule has 2 aromatic rings. The number of hydrogen-bond acceptors (Lipinski definition) is 11. The molecule has 0 aliphatic carbocycles. The van der Waals surface area contributed by atoms with Gasteiger partial charge in [-0.1, -0.05) is 43.5 Å². The number of rotatable bonds is 17. The Bertz CT molecular complexity index is 1740. The van der Waals surface area contributed by atoms with Gasteiger partial charge in [-0.3, -0.25) is 19.2 Å². The van der Waals surface area contributed by atoms with Crippen molar-refractivity contribution in [2.75, 3.05) is 31.2 Å². The van der Waals surface area contributed by atoms with Gasteiger partial charge < -0.3 is 21.1 Å². The number of hydrogen-bond donors (Lipinski definition) is 3. The maximum absolute atomic E-state index is 13.3. The minimum Gasteiger partial charge on any atom is -0.456 e. The summed E-state index contributed by atoms with van der Waals surface area (Å²) >= 11 is 5.83. The minimum atomic E-state index is -4.59. The number of esters is 1. The lowest BCUT2D eigenvalue weighted by molar-refractivity contribution is -0.184. The molecule has 1 aromatic heterocycles. The molecule has 0 spiro atoms. The zero-order valence-corrected chi connectivity index (χ0v) is 29.7. The number of unbranched alkanes of at least 4 members (excludes halogenated alkanes) is 2. The van der Waals surface area contributed by atoms with E-state index < -0.39 is 59.6 Å². The number of carbonyl (C=O) groups excluding carboxylic acids is 4. The minimum absolute atomic E-state index is 0.0956. The number of ether oxygens (including phenoxy) is 1. The molecular weight excluding hydrogens is 719 g/mol. The molecule has 1 aromatic carbocycles. The number of carbonyl (C=O) groups is 4. The molecule has 2 amide bonds. The fourth-order valence-electron chi connectivity index (χ4n) is 5.48. The van der Waals surface area contributed by atoms with Crippen LogP contribution in [0.1, 0.15) is 92.5 Å². The van der Waals surface area contributed by atoms with Crippen molar-refractivity contribution >= 4 is 62.5 Å². The Hall–Kier alpha value is -4.16. The predicted octanol–water partition coefficient (Wildman–Crippen LogP) is 4.52. The molecule has 2 unspecified atom stereocenters. The average molecular weight is 760 g/mol. The Labute approximate surface area is 298 Å². The topological polar surface area (TPSA) is 217 Å². The van der Waals surface area contributed by atoms with Crippen molar-refractivity contribution in [3.8, 4) is 0 Å². The SMILES string of the molecule is CCC(CCCCCC(C)=NC(=O)c1nc(Cl)c(N)nc1N)C(=O)c1cccc(S(=O)(=O)NCCC(=O)OCC(=O)N2CCCC2C(F)(F)F)c1. The van der Waals surface area contributed by atoms with Crippen LogP contribution in [0.15, 0.2) is 34.2 Å². The zero-order chi connectivity index (χ0) is 37.9. The molecule has 14 nitrogen and oxygen atoms in total. The first-order valence-corrected chi connectivity index (χ1v) is 18.1. The van der Waals surface area contributed by atoms with Crippen LogP contribution in [0.25, 0.3) is 0 Å². The van der Waals surface area contributed by atoms with E-state index in [0.29, 0.717) is 42.7 Å². The molecule has 2 heterocycles. The Morgan fingerprint density at radius 3 is 2.53 bits per heavy atom. The number of benzene rings is 1. The molecule has 2 atom stereocenters. The summed E-state index contributed by atoms with van der Waals surface area (Å²) in [5, 5.41) is -0.150. The third-order valence-electron chi connectivity index (χ3n) is 8.21. The Balaban J connectivity index is 1.44. The molecule has 0 bridgehead atoms. The molecule has 3 rings (SSSR count). The number of aromatic nitrogens is 2. The van der Waals surface area contributed by atoms with Gasteiger partial charge in [-0.15, -0.1) is 0 Å². The molecule has 19 heteroatoms. The first-order chi connectivity index (χ1) is 23.9. The lowest BCUT2D eigenvalue weighted by Crippen LogP contribution is -2.46. The van der Waals surface area contributed by atoms with Gasteiger partial charge in [0.1, 0.15) is 6.04 Å². The average Bonchev–Trinajstić information content (AvgIpc) is 3.58. The van der Waals surface area contributed by atoms with Crippen LogP contribution < -0.4 is 16.2 Å². The molecule has 1 fully saturated rings. The molecule has 51 heavy (non-hydrogen) atoms. The first-order valence-electron chi connectivity index (χ1n) is 16.3. The van der Waals surface area contributed by atoms with Gasteiger partial charge in [0.05, 0.1) is 11.3 Å². The van der Waals surface area contributed by atoms with Gasteiger partial charge in [0.15, 0.2) is 34.9 Å². The Kier molecular flexibility index (Phi) is 14.9. The molecule has 1 saturated heterocycles. The van der Waals surface area contributed by atoms with Crippen molar-refractivity contribution in [2.24, 2.45) is 10.9 Å². The number of alkyl halides is 3. The maximum atomic E-state index is 13.3. The molecule has 1 aliphatic rings. The number of Topliss-reactive ketones (excluding diaryl/α,β-unsaturated/α-hetero) is 1. The fourth-order valence-corrected chi connectivity index (χ4v) is 6.68. The van der Waals surface area contributed by atoms with E-state index in [1.165, 1.54) is 24.3 Å². The van der Waals surface area contributed by atoms with E-state index in [-0.39, 0.29) is 64.0 Å². The highest BCUT2D eigenvalue weighted by atomic mass is 35.5. The van der Waals surface area contributed by atoms with Crippen LogP contribution in [0.3, 0.4) is 0 Å². The summed E-state index contributed by atoms with van der Waals surface area (Å²) in [6.07, 6.45) is -1.40. The summed E-state index contributed by atoms with van der Waals surface area (Å²) in [6, 6.07) is 3.57. The van der Waals surface area contributed by atoms with Gasteiger partial charge in [0.2, 0.25) is 10.0 Å². The second-order valence-corrected chi connectivity index (χ2v) is 14.1. The van der Waals surface area contributed by atoms with E-state index in [0.717, 1.165) is 6.42 Å². The summed E-state index contributed by atoms with van der Waals surface area (Å²) in [5.74, 6) is -3.50. The van der Waals surface area contributed by atoms with E-state index in [1.54, 1.807) is 6.92 Å². The standard InChI is InChI=1S/C32H41ClF3N7O7S/c1-3-20(10-6-4-5-9-19(2)40-31(47)26-29(37)42-30(38)28(33)41-26)27(46)21-11-7-12-22(17-21)51(48,49)39-15-14-25(45)50-18-24(44)43-16-8-13-23(43)32(34,35)36/h7,11-12,17,20,23,39H,3-6,8-10,13-16,18H2,1-2H3,(H4,37,38,42). The van der Waals surface area contributed by atoms with Gasteiger partial charge in [0, 0.05) is 30.3 Å². The number of nitrogens with zero attached hydrogens (tertiary/aromatic N) is 4.